The molecule has 0 spiro atoms. The minimum Gasteiger partial charge on any atom is -0.460 e. The molecule has 1 heterocycles. The second-order valence-electron chi connectivity index (χ2n) is 6.57. The Labute approximate surface area is 158 Å². The van der Waals surface area contributed by atoms with Gasteiger partial charge in [0.1, 0.15) is 12.2 Å². The minimum atomic E-state index is -0.466. The summed E-state index contributed by atoms with van der Waals surface area (Å²) in [6, 6.07) is 9.56. The second kappa shape index (κ2) is 12.5. The number of carbonyl (C=O) groups is 2. The van der Waals surface area contributed by atoms with Gasteiger partial charge in [0.2, 0.25) is 0 Å². The van der Waals surface area contributed by atoms with Crippen molar-refractivity contribution < 1.29 is 19.1 Å². The fourth-order valence-electron chi connectivity index (χ4n) is 2.20. The van der Waals surface area contributed by atoms with Crippen molar-refractivity contribution in [1.82, 2.24) is 4.90 Å². The summed E-state index contributed by atoms with van der Waals surface area (Å²) in [7, 11) is 0. The highest BCUT2D eigenvalue weighted by Gasteiger charge is 2.36. The van der Waals surface area contributed by atoms with Gasteiger partial charge in [0, 0.05) is 13.1 Å². The number of hydrogen-bond acceptors (Lipinski definition) is 5. The first kappa shape index (κ1) is 24.1. The second-order valence-corrected chi connectivity index (χ2v) is 6.57. The molecule has 0 unspecified atom stereocenters. The van der Waals surface area contributed by atoms with E-state index in [0.717, 1.165) is 5.56 Å². The lowest BCUT2D eigenvalue weighted by molar-refractivity contribution is -0.168. The maximum absolute atomic E-state index is 11.8. The van der Waals surface area contributed by atoms with E-state index in [-0.39, 0.29) is 31.0 Å². The number of likely N-dealkylation sites (tertiary alicyclic amines) is 1. The number of rotatable bonds is 5. The highest BCUT2D eigenvalue weighted by atomic mass is 16.6. The predicted octanol–water partition coefficient (Wildman–Crippen LogP) is 4.06. The van der Waals surface area contributed by atoms with E-state index >= 15 is 0 Å². The van der Waals surface area contributed by atoms with Crippen LogP contribution in [-0.4, -0.2) is 42.1 Å². The van der Waals surface area contributed by atoms with Crippen molar-refractivity contribution in [2.45, 2.75) is 60.7 Å². The van der Waals surface area contributed by atoms with Gasteiger partial charge in [0.05, 0.1) is 12.5 Å². The summed E-state index contributed by atoms with van der Waals surface area (Å²) < 4.78 is 10.5. The van der Waals surface area contributed by atoms with E-state index in [1.807, 2.05) is 83.7 Å². The standard InChI is InChI=1S/C17H23NO4.2C2H6/c1-17(2,3)22-16(20)14-9-18(10-14)11-15(19)21-12-13-7-5-4-6-8-13;2*1-2/h4-8,14H,9-12H2,1-3H3;2*1-2H3. The number of nitrogens with zero attached hydrogens (tertiary/aromatic N) is 1. The molecule has 0 radical (unpaired) electrons. The summed E-state index contributed by atoms with van der Waals surface area (Å²) in [6.45, 7) is 15.1. The molecule has 0 amide bonds. The first-order valence-electron chi connectivity index (χ1n) is 9.48. The van der Waals surface area contributed by atoms with Crippen LogP contribution in [0.3, 0.4) is 0 Å². The Morgan fingerprint density at radius 3 is 2.08 bits per heavy atom. The van der Waals surface area contributed by atoms with Crippen LogP contribution in [0.25, 0.3) is 0 Å². The van der Waals surface area contributed by atoms with Gasteiger partial charge in [-0.3, -0.25) is 14.5 Å². The fourth-order valence-corrected chi connectivity index (χ4v) is 2.20. The van der Waals surface area contributed by atoms with Gasteiger partial charge >= 0.3 is 11.9 Å². The van der Waals surface area contributed by atoms with E-state index in [1.54, 1.807) is 0 Å². The number of ether oxygens (including phenoxy) is 2. The van der Waals surface area contributed by atoms with E-state index in [1.165, 1.54) is 0 Å². The van der Waals surface area contributed by atoms with Crippen molar-refractivity contribution in [3.8, 4) is 0 Å². The summed E-state index contributed by atoms with van der Waals surface area (Å²) in [5.41, 5.74) is 0.498. The van der Waals surface area contributed by atoms with Crippen LogP contribution < -0.4 is 0 Å². The van der Waals surface area contributed by atoms with E-state index in [0.29, 0.717) is 13.1 Å². The molecule has 0 aliphatic carbocycles. The van der Waals surface area contributed by atoms with Crippen LogP contribution in [0, 0.1) is 5.92 Å². The quantitative estimate of drug-likeness (QED) is 0.737. The van der Waals surface area contributed by atoms with E-state index < -0.39 is 5.60 Å². The monoisotopic (exact) mass is 365 g/mol. The van der Waals surface area contributed by atoms with Crippen LogP contribution >= 0.6 is 0 Å². The molecule has 26 heavy (non-hydrogen) atoms. The predicted molar refractivity (Wildman–Crippen MR) is 105 cm³/mol. The molecule has 1 fully saturated rings. The number of benzene rings is 1. The van der Waals surface area contributed by atoms with Crippen LogP contribution in [-0.2, 0) is 25.7 Å². The zero-order chi connectivity index (χ0) is 20.2. The fraction of sp³-hybridized carbons (Fsp3) is 0.619. The lowest BCUT2D eigenvalue weighted by Crippen LogP contribution is -2.53. The van der Waals surface area contributed by atoms with Gasteiger partial charge in [-0.1, -0.05) is 58.0 Å². The first-order valence-corrected chi connectivity index (χ1v) is 9.48. The zero-order valence-corrected chi connectivity index (χ0v) is 17.4. The van der Waals surface area contributed by atoms with Crippen LogP contribution in [0.15, 0.2) is 30.3 Å². The Bertz CT molecular complexity index is 517. The summed E-state index contributed by atoms with van der Waals surface area (Å²) in [4.78, 5) is 25.5. The zero-order valence-electron chi connectivity index (χ0n) is 17.4. The Balaban J connectivity index is 0.00000146. The average Bonchev–Trinajstić information content (AvgIpc) is 2.59. The third-order valence-electron chi connectivity index (χ3n) is 3.29. The van der Waals surface area contributed by atoms with Crippen molar-refractivity contribution in [3.63, 3.8) is 0 Å². The van der Waals surface area contributed by atoms with Gasteiger partial charge in [0.25, 0.3) is 0 Å². The summed E-state index contributed by atoms with van der Waals surface area (Å²) in [5.74, 6) is -0.603. The smallest absolute Gasteiger partial charge is 0.320 e. The Hall–Kier alpha value is -1.88. The van der Waals surface area contributed by atoms with Crippen molar-refractivity contribution in [1.29, 1.82) is 0 Å². The van der Waals surface area contributed by atoms with Crippen LogP contribution in [0.5, 0.6) is 0 Å². The molecule has 5 nitrogen and oxygen atoms in total. The highest BCUT2D eigenvalue weighted by Crippen LogP contribution is 2.20. The number of carbonyl (C=O) groups excluding carboxylic acids is 2. The molecule has 2 rings (SSSR count). The van der Waals surface area contributed by atoms with Gasteiger partial charge in [-0.25, -0.2) is 0 Å². The Kier molecular flexibility index (Phi) is 11.6. The van der Waals surface area contributed by atoms with Crippen LogP contribution in [0.2, 0.25) is 0 Å². The topological polar surface area (TPSA) is 55.8 Å². The molecule has 1 saturated heterocycles. The highest BCUT2D eigenvalue weighted by molar-refractivity contribution is 5.76. The lowest BCUT2D eigenvalue weighted by atomic mass is 10.00. The maximum atomic E-state index is 11.8. The average molecular weight is 366 g/mol. The van der Waals surface area contributed by atoms with Crippen molar-refractivity contribution in [3.05, 3.63) is 35.9 Å². The minimum absolute atomic E-state index is 0.138. The molecule has 0 bridgehead atoms. The molecule has 0 saturated carbocycles. The lowest BCUT2D eigenvalue weighted by Gasteiger charge is -2.38. The van der Waals surface area contributed by atoms with Crippen LogP contribution in [0.1, 0.15) is 54.0 Å². The Morgan fingerprint density at radius 2 is 1.58 bits per heavy atom. The largest absolute Gasteiger partial charge is 0.460 e. The molecule has 1 aliphatic rings. The van der Waals surface area contributed by atoms with Gasteiger partial charge in [0.15, 0.2) is 0 Å². The van der Waals surface area contributed by atoms with Gasteiger partial charge in [-0.15, -0.1) is 0 Å². The van der Waals surface area contributed by atoms with Gasteiger partial charge in [-0.2, -0.15) is 0 Å². The Morgan fingerprint density at radius 1 is 1.04 bits per heavy atom. The molecule has 1 aliphatic heterocycles. The van der Waals surface area contributed by atoms with Crippen molar-refractivity contribution in [2.24, 2.45) is 5.92 Å². The van der Waals surface area contributed by atoms with Gasteiger partial charge in [-0.05, 0) is 26.3 Å². The molecule has 0 N–H and O–H groups in total. The maximum Gasteiger partial charge on any atom is 0.320 e. The van der Waals surface area contributed by atoms with E-state index in [4.69, 9.17) is 9.47 Å². The summed E-state index contributed by atoms with van der Waals surface area (Å²) in [5, 5.41) is 0. The number of hydrogen-bond donors (Lipinski definition) is 0. The SMILES string of the molecule is CC.CC.CC(C)(C)OC(=O)C1CN(CC(=O)OCc2ccccc2)C1. The van der Waals surface area contributed by atoms with E-state index in [2.05, 4.69) is 0 Å². The molecular weight excluding hydrogens is 330 g/mol. The summed E-state index contributed by atoms with van der Waals surface area (Å²) >= 11 is 0. The van der Waals surface area contributed by atoms with Crippen molar-refractivity contribution >= 4 is 11.9 Å². The molecule has 1 aromatic carbocycles. The molecule has 0 aromatic heterocycles. The summed E-state index contributed by atoms with van der Waals surface area (Å²) in [6.07, 6.45) is 0. The molecule has 1 aromatic rings. The molecule has 148 valence electrons. The third kappa shape index (κ3) is 9.56. The normalized spacial score (nSPS) is 14.0. The third-order valence-corrected chi connectivity index (χ3v) is 3.29. The molecule has 0 atom stereocenters. The molecular formula is C21H35NO4. The molecule has 5 heteroatoms. The van der Waals surface area contributed by atoms with E-state index in [9.17, 15) is 9.59 Å². The van der Waals surface area contributed by atoms with Crippen molar-refractivity contribution in [2.75, 3.05) is 19.6 Å². The number of esters is 2. The first-order chi connectivity index (χ1) is 12.3. The van der Waals surface area contributed by atoms with Gasteiger partial charge < -0.3 is 9.47 Å². The van der Waals surface area contributed by atoms with Crippen LogP contribution in [0.4, 0.5) is 0 Å².